The molecule has 0 spiro atoms. The zero-order valence-electron chi connectivity index (χ0n) is 15.5. The molecule has 0 saturated heterocycles. The Morgan fingerprint density at radius 2 is 2.14 bits per heavy atom. The number of amides is 1. The maximum atomic E-state index is 12.8. The van der Waals surface area contributed by atoms with E-state index in [2.05, 4.69) is 10.3 Å². The van der Waals surface area contributed by atoms with Crippen molar-refractivity contribution in [2.75, 3.05) is 11.1 Å². The number of rotatable bonds is 3. The van der Waals surface area contributed by atoms with Crippen LogP contribution in [0.4, 0.5) is 5.69 Å². The number of aromatic nitrogens is 2. The van der Waals surface area contributed by atoms with Gasteiger partial charge in [0.25, 0.3) is 5.56 Å². The average Bonchev–Trinajstić information content (AvgIpc) is 2.68. The summed E-state index contributed by atoms with van der Waals surface area (Å²) < 4.78 is 6.82. The number of carbonyl (C=O) groups is 1. The summed E-state index contributed by atoms with van der Waals surface area (Å²) in [5, 5.41) is 4.03. The van der Waals surface area contributed by atoms with Crippen LogP contribution in [0.5, 0.6) is 0 Å². The Labute approximate surface area is 164 Å². The van der Waals surface area contributed by atoms with E-state index in [1.807, 2.05) is 19.9 Å². The molecule has 4 rings (SSSR count). The molecule has 1 aromatic carbocycles. The number of carbonyl (C=O) groups excluding carboxylic acids is 1. The number of anilines is 1. The number of benzene rings is 1. The van der Waals surface area contributed by atoms with Gasteiger partial charge in [0, 0.05) is 28.9 Å². The topological polar surface area (TPSA) is 94.2 Å². The zero-order chi connectivity index (χ0) is 19.8. The van der Waals surface area contributed by atoms with Crippen LogP contribution in [-0.4, -0.2) is 21.2 Å². The largest absolute Gasteiger partial charge is 0.421 e. The normalized spacial score (nSPS) is 16.0. The first-order chi connectivity index (χ1) is 13.5. The van der Waals surface area contributed by atoms with Crippen LogP contribution in [0.3, 0.4) is 0 Å². The van der Waals surface area contributed by atoms with Crippen molar-refractivity contribution >= 4 is 34.3 Å². The highest BCUT2D eigenvalue weighted by Crippen LogP contribution is 2.27. The van der Waals surface area contributed by atoms with Crippen LogP contribution < -0.4 is 16.5 Å². The van der Waals surface area contributed by atoms with Crippen LogP contribution in [-0.2, 0) is 17.8 Å². The monoisotopic (exact) mass is 397 g/mol. The second-order valence-corrected chi connectivity index (χ2v) is 7.70. The maximum Gasteiger partial charge on any atom is 0.360 e. The number of aryl methyl sites for hydroxylation is 1. The lowest BCUT2D eigenvalue weighted by molar-refractivity contribution is -0.119. The van der Waals surface area contributed by atoms with Crippen LogP contribution in [0.2, 0.25) is 0 Å². The van der Waals surface area contributed by atoms with Crippen molar-refractivity contribution in [1.82, 2.24) is 9.55 Å². The fourth-order valence-corrected chi connectivity index (χ4v) is 4.47. The SMILES string of the molecule is CCc1c(C)nc2n(c1=O)CC(C(=O)Nc1cc3ccccc3oc1=O)CS2. The molecule has 8 heteroatoms. The molecule has 7 nitrogen and oxygen atoms in total. The summed E-state index contributed by atoms with van der Waals surface area (Å²) in [5.74, 6) is -0.274. The molecule has 1 unspecified atom stereocenters. The highest BCUT2D eigenvalue weighted by Gasteiger charge is 2.28. The number of nitrogens with one attached hydrogen (secondary N) is 1. The van der Waals surface area contributed by atoms with E-state index in [1.165, 1.54) is 11.8 Å². The van der Waals surface area contributed by atoms with Crippen molar-refractivity contribution in [3.8, 4) is 0 Å². The van der Waals surface area contributed by atoms with Gasteiger partial charge in [-0.25, -0.2) is 9.78 Å². The van der Waals surface area contributed by atoms with Crippen LogP contribution >= 0.6 is 11.8 Å². The Morgan fingerprint density at radius 1 is 1.36 bits per heavy atom. The van der Waals surface area contributed by atoms with Gasteiger partial charge in [0.15, 0.2) is 5.16 Å². The van der Waals surface area contributed by atoms with Gasteiger partial charge >= 0.3 is 5.63 Å². The highest BCUT2D eigenvalue weighted by atomic mass is 32.2. The van der Waals surface area contributed by atoms with E-state index in [1.54, 1.807) is 28.8 Å². The minimum atomic E-state index is -0.598. The molecule has 1 N–H and O–H groups in total. The van der Waals surface area contributed by atoms with Gasteiger partial charge in [-0.1, -0.05) is 36.9 Å². The molecule has 1 aliphatic heterocycles. The number of hydrogen-bond acceptors (Lipinski definition) is 6. The van der Waals surface area contributed by atoms with Gasteiger partial charge in [-0.3, -0.25) is 14.2 Å². The third-order valence-electron chi connectivity index (χ3n) is 4.87. The summed E-state index contributed by atoms with van der Waals surface area (Å²) in [4.78, 5) is 42.1. The summed E-state index contributed by atoms with van der Waals surface area (Å²) in [6.45, 7) is 3.99. The van der Waals surface area contributed by atoms with Crippen LogP contribution in [0.1, 0.15) is 18.2 Å². The molecule has 144 valence electrons. The minimum Gasteiger partial charge on any atom is -0.421 e. The van der Waals surface area contributed by atoms with Crippen molar-refractivity contribution in [1.29, 1.82) is 0 Å². The third kappa shape index (κ3) is 3.24. The smallest absolute Gasteiger partial charge is 0.360 e. The number of thioether (sulfide) groups is 1. The lowest BCUT2D eigenvalue weighted by Gasteiger charge is -2.25. The van der Waals surface area contributed by atoms with E-state index in [0.29, 0.717) is 28.5 Å². The van der Waals surface area contributed by atoms with Crippen LogP contribution in [0, 0.1) is 12.8 Å². The Bertz CT molecular complexity index is 1200. The molecular weight excluding hydrogens is 378 g/mol. The molecule has 0 fully saturated rings. The summed E-state index contributed by atoms with van der Waals surface area (Å²) in [6, 6.07) is 8.72. The molecule has 3 aromatic rings. The molecule has 1 atom stereocenters. The standard InChI is InChI=1S/C20H19N3O4S/c1-3-14-11(2)21-20-23(18(14)25)9-13(10-28-20)17(24)22-15-8-12-6-4-5-7-16(12)27-19(15)26/h4-8,13H,3,9-10H2,1-2H3,(H,22,24). The van der Waals surface area contributed by atoms with E-state index >= 15 is 0 Å². The lowest BCUT2D eigenvalue weighted by Crippen LogP contribution is -2.38. The molecule has 1 amide bonds. The van der Waals surface area contributed by atoms with E-state index in [-0.39, 0.29) is 23.7 Å². The Balaban J connectivity index is 1.60. The van der Waals surface area contributed by atoms with Crippen LogP contribution in [0.25, 0.3) is 11.0 Å². The molecule has 28 heavy (non-hydrogen) atoms. The van der Waals surface area contributed by atoms with Gasteiger partial charge in [0.2, 0.25) is 5.91 Å². The predicted molar refractivity (Wildman–Crippen MR) is 108 cm³/mol. The zero-order valence-corrected chi connectivity index (χ0v) is 16.3. The molecule has 3 heterocycles. The number of para-hydroxylation sites is 1. The summed E-state index contributed by atoms with van der Waals surface area (Å²) in [5.41, 5.74) is 1.28. The highest BCUT2D eigenvalue weighted by molar-refractivity contribution is 7.99. The summed E-state index contributed by atoms with van der Waals surface area (Å²) >= 11 is 1.38. The summed E-state index contributed by atoms with van der Waals surface area (Å²) in [6.07, 6.45) is 0.595. The quantitative estimate of drug-likeness (QED) is 0.539. The molecule has 2 aromatic heterocycles. The fraction of sp³-hybridized carbons (Fsp3) is 0.300. The second-order valence-electron chi connectivity index (χ2n) is 6.71. The second kappa shape index (κ2) is 7.27. The first-order valence-corrected chi connectivity index (χ1v) is 10.0. The number of nitrogens with zero attached hydrogens (tertiary/aromatic N) is 2. The summed E-state index contributed by atoms with van der Waals surface area (Å²) in [7, 11) is 0. The Morgan fingerprint density at radius 3 is 2.93 bits per heavy atom. The Kier molecular flexibility index (Phi) is 4.80. The van der Waals surface area contributed by atoms with E-state index in [4.69, 9.17) is 4.42 Å². The molecular formula is C20H19N3O4S. The van der Waals surface area contributed by atoms with Gasteiger partial charge < -0.3 is 9.73 Å². The fourth-order valence-electron chi connectivity index (χ4n) is 3.34. The van der Waals surface area contributed by atoms with Gasteiger partial charge in [0.05, 0.1) is 5.92 Å². The Hall–Kier alpha value is -2.87. The third-order valence-corrected chi connectivity index (χ3v) is 6.01. The van der Waals surface area contributed by atoms with Gasteiger partial charge in [-0.15, -0.1) is 0 Å². The van der Waals surface area contributed by atoms with E-state index < -0.39 is 11.5 Å². The van der Waals surface area contributed by atoms with Crippen molar-refractivity contribution in [3.05, 3.63) is 62.4 Å². The van der Waals surface area contributed by atoms with Crippen molar-refractivity contribution in [2.45, 2.75) is 32.0 Å². The van der Waals surface area contributed by atoms with Gasteiger partial charge in [-0.2, -0.15) is 0 Å². The first kappa shape index (κ1) is 18.5. The van der Waals surface area contributed by atoms with Crippen LogP contribution in [0.15, 0.2) is 49.5 Å². The molecule has 0 saturated carbocycles. The average molecular weight is 397 g/mol. The van der Waals surface area contributed by atoms with Crippen molar-refractivity contribution in [3.63, 3.8) is 0 Å². The lowest BCUT2D eigenvalue weighted by atomic mass is 10.1. The molecule has 0 radical (unpaired) electrons. The number of hydrogen-bond donors (Lipinski definition) is 1. The first-order valence-electron chi connectivity index (χ1n) is 9.04. The molecule has 0 aliphatic carbocycles. The van der Waals surface area contributed by atoms with E-state index in [9.17, 15) is 14.4 Å². The molecule has 1 aliphatic rings. The number of fused-ring (bicyclic) bond motifs is 2. The maximum absolute atomic E-state index is 12.8. The van der Waals surface area contributed by atoms with Gasteiger partial charge in [-0.05, 0) is 25.5 Å². The molecule has 0 bridgehead atoms. The van der Waals surface area contributed by atoms with Gasteiger partial charge in [0.1, 0.15) is 11.3 Å². The minimum absolute atomic E-state index is 0.0970. The predicted octanol–water partition coefficient (Wildman–Crippen LogP) is 2.58. The van der Waals surface area contributed by atoms with Crippen molar-refractivity contribution < 1.29 is 9.21 Å². The van der Waals surface area contributed by atoms with E-state index in [0.717, 1.165) is 11.1 Å². The van der Waals surface area contributed by atoms with Crippen molar-refractivity contribution in [2.24, 2.45) is 5.92 Å².